The van der Waals surface area contributed by atoms with Crippen LogP contribution in [-0.4, -0.2) is 30.1 Å². The van der Waals surface area contributed by atoms with Crippen LogP contribution in [-0.2, 0) is 9.59 Å². The molecule has 0 spiro atoms. The zero-order chi connectivity index (χ0) is 8.27. The number of hydrogen-bond donors (Lipinski definition) is 2. The van der Waals surface area contributed by atoms with Gasteiger partial charge in [0.25, 0.3) is 0 Å². The van der Waals surface area contributed by atoms with Crippen LogP contribution in [0, 0.1) is 5.92 Å². The molecule has 1 aliphatic heterocycles. The van der Waals surface area contributed by atoms with Crippen LogP contribution < -0.4 is 5.32 Å². The number of carbonyl (C=O) groups is 1. The molecular weight excluding hydrogens is 146 g/mol. The highest BCUT2D eigenvalue weighted by Crippen LogP contribution is 2.15. The molecule has 60 valence electrons. The molecule has 0 amide bonds. The van der Waals surface area contributed by atoms with Gasteiger partial charge in [-0.3, -0.25) is 4.79 Å². The fourth-order valence-electron chi connectivity index (χ4n) is 1.15. The second-order valence-electron chi connectivity index (χ2n) is 2.48. The summed E-state index contributed by atoms with van der Waals surface area (Å²) in [6.45, 7) is 1.02. The molecule has 0 aromatic carbocycles. The molecule has 4 heteroatoms. The maximum absolute atomic E-state index is 10.5. The van der Waals surface area contributed by atoms with Gasteiger partial charge in [0.2, 0.25) is 0 Å². The minimum absolute atomic E-state index is 0.323. The van der Waals surface area contributed by atoms with Gasteiger partial charge in [0.1, 0.15) is 5.94 Å². The van der Waals surface area contributed by atoms with Crippen LogP contribution in [0.3, 0.4) is 0 Å². The highest BCUT2D eigenvalue weighted by Gasteiger charge is 2.25. The molecule has 1 rings (SSSR count). The van der Waals surface area contributed by atoms with E-state index in [0.717, 1.165) is 0 Å². The smallest absolute Gasteiger partial charge is 0.311 e. The summed E-state index contributed by atoms with van der Waals surface area (Å²) in [5.74, 6) is 0.116. The molecule has 2 N–H and O–H groups in total. The molecule has 0 aliphatic carbocycles. The number of aliphatic carboxylic acids is 1. The molecule has 1 fully saturated rings. The maximum atomic E-state index is 10.5. The molecular formula is C7H9NO3. The Bertz CT molecular complexity index is 218. The van der Waals surface area contributed by atoms with Gasteiger partial charge in [0.15, 0.2) is 0 Å². The van der Waals surface area contributed by atoms with Crippen LogP contribution in [0.5, 0.6) is 0 Å². The lowest BCUT2D eigenvalue weighted by Gasteiger charge is -2.19. The van der Waals surface area contributed by atoms with E-state index in [2.05, 4.69) is 5.32 Å². The normalized spacial score (nSPS) is 24.4. The van der Waals surface area contributed by atoms with Crippen molar-refractivity contribution in [2.24, 2.45) is 5.92 Å². The van der Waals surface area contributed by atoms with Crippen molar-refractivity contribution in [2.45, 2.75) is 6.42 Å². The van der Waals surface area contributed by atoms with Gasteiger partial charge < -0.3 is 10.4 Å². The summed E-state index contributed by atoms with van der Waals surface area (Å²) in [6.07, 6.45) is 0.486. The fraction of sp³-hybridized carbons (Fsp3) is 0.571. The van der Waals surface area contributed by atoms with Crippen LogP contribution in [0.25, 0.3) is 0 Å². The van der Waals surface area contributed by atoms with E-state index in [0.29, 0.717) is 25.1 Å². The van der Waals surface area contributed by atoms with Gasteiger partial charge in [-0.05, 0) is 13.0 Å². The summed E-state index contributed by atoms with van der Waals surface area (Å²) >= 11 is 0. The number of hydrogen-bond acceptors (Lipinski definition) is 3. The van der Waals surface area contributed by atoms with E-state index in [4.69, 9.17) is 5.11 Å². The van der Waals surface area contributed by atoms with E-state index in [9.17, 15) is 9.59 Å². The lowest BCUT2D eigenvalue weighted by Crippen LogP contribution is -2.34. The molecule has 1 saturated heterocycles. The van der Waals surface area contributed by atoms with Gasteiger partial charge in [-0.1, -0.05) is 0 Å². The van der Waals surface area contributed by atoms with Gasteiger partial charge in [-0.15, -0.1) is 0 Å². The summed E-state index contributed by atoms with van der Waals surface area (Å²) in [5, 5.41) is 11.5. The summed E-state index contributed by atoms with van der Waals surface area (Å²) in [5.41, 5.74) is 0.323. The largest absolute Gasteiger partial charge is 0.481 e. The molecule has 1 aliphatic rings. The van der Waals surface area contributed by atoms with Crippen LogP contribution in [0.4, 0.5) is 0 Å². The van der Waals surface area contributed by atoms with Crippen molar-refractivity contribution in [2.75, 3.05) is 13.1 Å². The van der Waals surface area contributed by atoms with Crippen LogP contribution in [0.1, 0.15) is 6.42 Å². The van der Waals surface area contributed by atoms with Crippen molar-refractivity contribution in [1.29, 1.82) is 0 Å². The Morgan fingerprint density at radius 1 is 1.73 bits per heavy atom. The summed E-state index contributed by atoms with van der Waals surface area (Å²) in [4.78, 5) is 20.7. The first kappa shape index (κ1) is 7.98. The van der Waals surface area contributed by atoms with Crippen LogP contribution in [0.2, 0.25) is 0 Å². The van der Waals surface area contributed by atoms with Gasteiger partial charge >= 0.3 is 5.97 Å². The predicted octanol–water partition coefficient (Wildman–Crippen LogP) is -0.562. The Morgan fingerprint density at radius 2 is 2.45 bits per heavy atom. The average Bonchev–Trinajstić information content (AvgIpc) is 2.04. The Labute approximate surface area is 63.9 Å². The Kier molecular flexibility index (Phi) is 2.41. The molecule has 0 radical (unpaired) electrons. The van der Waals surface area contributed by atoms with E-state index in [1.54, 1.807) is 5.94 Å². The average molecular weight is 155 g/mol. The summed E-state index contributed by atoms with van der Waals surface area (Å²) in [6, 6.07) is 0. The van der Waals surface area contributed by atoms with Crippen molar-refractivity contribution in [3.8, 4) is 0 Å². The number of rotatable bonds is 1. The maximum Gasteiger partial charge on any atom is 0.311 e. The zero-order valence-electron chi connectivity index (χ0n) is 5.96. The number of nitrogens with one attached hydrogen (secondary N) is 1. The molecule has 0 saturated carbocycles. The standard InChI is InChI=1S/C7H9NO3/c9-4-5-3-8-2-1-6(5)7(10)11/h6,8H,1-3H2,(H,10,11). The van der Waals surface area contributed by atoms with E-state index >= 15 is 0 Å². The van der Waals surface area contributed by atoms with Crippen molar-refractivity contribution < 1.29 is 14.7 Å². The molecule has 1 heterocycles. The van der Waals surface area contributed by atoms with Crippen LogP contribution >= 0.6 is 0 Å². The second-order valence-corrected chi connectivity index (χ2v) is 2.48. The fourth-order valence-corrected chi connectivity index (χ4v) is 1.15. The number of carboxylic acid groups (broad SMARTS) is 1. The first-order valence-corrected chi connectivity index (χ1v) is 3.43. The Balaban J connectivity index is 2.75. The monoisotopic (exact) mass is 155 g/mol. The molecule has 4 nitrogen and oxygen atoms in total. The lowest BCUT2D eigenvalue weighted by atomic mass is 9.94. The third-order valence-corrected chi connectivity index (χ3v) is 1.78. The highest BCUT2D eigenvalue weighted by atomic mass is 16.4. The molecule has 1 atom stereocenters. The SMILES string of the molecule is O=C=C1CNCCC1C(=O)O. The minimum atomic E-state index is -0.926. The first-order valence-electron chi connectivity index (χ1n) is 3.43. The Hall–Kier alpha value is -1.12. The molecule has 0 aromatic rings. The molecule has 0 bridgehead atoms. The lowest BCUT2D eigenvalue weighted by molar-refractivity contribution is -0.140. The first-order chi connectivity index (χ1) is 5.25. The van der Waals surface area contributed by atoms with E-state index in [-0.39, 0.29) is 0 Å². The number of piperidine rings is 1. The quantitative estimate of drug-likeness (QED) is 0.498. The predicted molar refractivity (Wildman–Crippen MR) is 37.8 cm³/mol. The summed E-state index contributed by atoms with van der Waals surface area (Å²) < 4.78 is 0. The van der Waals surface area contributed by atoms with E-state index in [1.807, 2.05) is 0 Å². The minimum Gasteiger partial charge on any atom is -0.481 e. The topological polar surface area (TPSA) is 66.4 Å². The number of carbonyl (C=O) groups excluding carboxylic acids is 1. The van der Waals surface area contributed by atoms with Crippen molar-refractivity contribution in [3.63, 3.8) is 0 Å². The zero-order valence-corrected chi connectivity index (χ0v) is 5.96. The van der Waals surface area contributed by atoms with Gasteiger partial charge in [-0.2, -0.15) is 0 Å². The Morgan fingerprint density at radius 3 is 2.91 bits per heavy atom. The van der Waals surface area contributed by atoms with E-state index in [1.165, 1.54) is 0 Å². The van der Waals surface area contributed by atoms with Crippen molar-refractivity contribution >= 4 is 11.9 Å². The van der Waals surface area contributed by atoms with Crippen LogP contribution in [0.15, 0.2) is 5.57 Å². The van der Waals surface area contributed by atoms with Crippen molar-refractivity contribution in [1.82, 2.24) is 5.32 Å². The van der Waals surface area contributed by atoms with E-state index < -0.39 is 11.9 Å². The molecule has 0 aromatic heterocycles. The number of carboxylic acids is 1. The third kappa shape index (κ3) is 1.67. The van der Waals surface area contributed by atoms with Gasteiger partial charge in [-0.25, -0.2) is 4.79 Å². The third-order valence-electron chi connectivity index (χ3n) is 1.78. The highest BCUT2D eigenvalue weighted by molar-refractivity contribution is 5.78. The second kappa shape index (κ2) is 3.32. The molecule has 1 unspecified atom stereocenters. The van der Waals surface area contributed by atoms with Gasteiger partial charge in [0.05, 0.1) is 5.92 Å². The molecule has 11 heavy (non-hydrogen) atoms. The van der Waals surface area contributed by atoms with Crippen molar-refractivity contribution in [3.05, 3.63) is 5.57 Å². The van der Waals surface area contributed by atoms with Gasteiger partial charge in [0, 0.05) is 12.1 Å². The summed E-state index contributed by atoms with van der Waals surface area (Å²) in [7, 11) is 0.